The molecule has 1 aromatic rings. The number of nitrogens with zero attached hydrogens (tertiary/aromatic N) is 1. The number of carbonyl (C=O) groups is 1. The van der Waals surface area contributed by atoms with E-state index < -0.39 is 10.0 Å². The summed E-state index contributed by atoms with van der Waals surface area (Å²) in [6.45, 7) is 1.72. The first kappa shape index (κ1) is 15.9. The van der Waals surface area contributed by atoms with Crippen LogP contribution >= 0.6 is 0 Å². The van der Waals surface area contributed by atoms with E-state index in [9.17, 15) is 13.2 Å². The molecule has 0 saturated carbocycles. The van der Waals surface area contributed by atoms with Crippen LogP contribution in [0.3, 0.4) is 0 Å². The summed E-state index contributed by atoms with van der Waals surface area (Å²) in [4.78, 5) is 11.7. The number of carbonyl (C=O) groups excluding carboxylic acids is 1. The number of rotatable bonds is 5. The van der Waals surface area contributed by atoms with Gasteiger partial charge < -0.3 is 15.8 Å². The highest BCUT2D eigenvalue weighted by Crippen LogP contribution is 2.20. The van der Waals surface area contributed by atoms with Crippen LogP contribution in [0.4, 0.5) is 5.69 Å². The van der Waals surface area contributed by atoms with Gasteiger partial charge >= 0.3 is 0 Å². The van der Waals surface area contributed by atoms with Crippen LogP contribution in [-0.4, -0.2) is 51.5 Å². The molecule has 0 aliphatic carbocycles. The highest BCUT2D eigenvalue weighted by molar-refractivity contribution is 7.89. The molecule has 1 fully saturated rings. The number of morpholine rings is 1. The fourth-order valence-electron chi connectivity index (χ4n) is 2.02. The molecule has 1 aliphatic heterocycles. The first-order valence-electron chi connectivity index (χ1n) is 6.72. The summed E-state index contributed by atoms with van der Waals surface area (Å²) in [7, 11) is -3.56. The molecule has 0 atom stereocenters. The lowest BCUT2D eigenvalue weighted by atomic mass is 10.3. The van der Waals surface area contributed by atoms with Crippen molar-refractivity contribution >= 4 is 21.6 Å². The van der Waals surface area contributed by atoms with Crippen LogP contribution in [0.25, 0.3) is 0 Å². The van der Waals surface area contributed by atoms with Crippen LogP contribution in [0.5, 0.6) is 0 Å². The lowest BCUT2D eigenvalue weighted by Gasteiger charge is -2.26. The third kappa shape index (κ3) is 4.01. The van der Waals surface area contributed by atoms with Crippen LogP contribution in [0, 0.1) is 0 Å². The summed E-state index contributed by atoms with van der Waals surface area (Å²) in [6.07, 6.45) is 0.195. The zero-order valence-corrected chi connectivity index (χ0v) is 12.4. The van der Waals surface area contributed by atoms with Crippen LogP contribution in [0.1, 0.15) is 6.42 Å². The smallest absolute Gasteiger partial charge is 0.243 e. The molecule has 2 rings (SSSR count). The quantitative estimate of drug-likeness (QED) is 0.796. The predicted molar refractivity (Wildman–Crippen MR) is 78.3 cm³/mol. The van der Waals surface area contributed by atoms with Crippen LogP contribution in [0.2, 0.25) is 0 Å². The van der Waals surface area contributed by atoms with Crippen molar-refractivity contribution in [3.8, 4) is 0 Å². The van der Waals surface area contributed by atoms with Gasteiger partial charge in [-0.3, -0.25) is 4.79 Å². The van der Waals surface area contributed by atoms with Gasteiger partial charge in [0.1, 0.15) is 0 Å². The van der Waals surface area contributed by atoms with E-state index in [2.05, 4.69) is 5.32 Å². The lowest BCUT2D eigenvalue weighted by molar-refractivity contribution is -0.116. The second-order valence-corrected chi connectivity index (χ2v) is 6.57. The maximum atomic E-state index is 12.5. The Morgan fingerprint density at radius 2 is 2.05 bits per heavy atom. The number of amides is 1. The Kier molecular flexibility index (Phi) is 5.29. The lowest BCUT2D eigenvalue weighted by Crippen LogP contribution is -2.40. The molecular formula is C13H19N3O4S. The minimum absolute atomic E-state index is 0.162. The normalized spacial score (nSPS) is 16.6. The maximum absolute atomic E-state index is 12.5. The van der Waals surface area contributed by atoms with Gasteiger partial charge in [-0.2, -0.15) is 4.31 Å². The standard InChI is InChI=1S/C13H19N3O4S/c14-5-4-13(17)15-11-2-1-3-12(10-11)21(18,19)16-6-8-20-9-7-16/h1-3,10H,4-9,14H2,(H,15,17). The topological polar surface area (TPSA) is 102 Å². The van der Waals surface area contributed by atoms with Crippen molar-refractivity contribution in [2.75, 3.05) is 38.2 Å². The summed E-state index contributed by atoms with van der Waals surface area (Å²) < 4.78 is 31.5. The summed E-state index contributed by atoms with van der Waals surface area (Å²) in [5.41, 5.74) is 5.75. The number of hydrogen-bond acceptors (Lipinski definition) is 5. The highest BCUT2D eigenvalue weighted by atomic mass is 32.2. The molecule has 8 heteroatoms. The zero-order valence-electron chi connectivity index (χ0n) is 11.6. The van der Waals surface area contributed by atoms with E-state index in [0.29, 0.717) is 32.0 Å². The van der Waals surface area contributed by atoms with Gasteiger partial charge in [-0.05, 0) is 18.2 Å². The van der Waals surface area contributed by atoms with E-state index in [4.69, 9.17) is 10.5 Å². The molecule has 0 radical (unpaired) electrons. The van der Waals surface area contributed by atoms with Crippen LogP contribution in [0.15, 0.2) is 29.2 Å². The van der Waals surface area contributed by atoms with E-state index in [1.807, 2.05) is 0 Å². The Labute approximate surface area is 124 Å². The number of hydrogen-bond donors (Lipinski definition) is 2. The third-order valence-corrected chi connectivity index (χ3v) is 4.99. The highest BCUT2D eigenvalue weighted by Gasteiger charge is 2.26. The number of ether oxygens (including phenoxy) is 1. The van der Waals surface area contributed by atoms with Gasteiger partial charge in [0.25, 0.3) is 0 Å². The molecule has 21 heavy (non-hydrogen) atoms. The van der Waals surface area contributed by atoms with E-state index in [1.165, 1.54) is 16.4 Å². The molecule has 0 unspecified atom stereocenters. The molecule has 0 spiro atoms. The van der Waals surface area contributed by atoms with Gasteiger partial charge in [-0.25, -0.2) is 8.42 Å². The Balaban J connectivity index is 2.17. The molecule has 1 aliphatic rings. The molecule has 7 nitrogen and oxygen atoms in total. The summed E-state index contributed by atoms with van der Waals surface area (Å²) in [6, 6.07) is 6.22. The van der Waals surface area contributed by atoms with Crippen molar-refractivity contribution in [1.29, 1.82) is 0 Å². The molecule has 1 heterocycles. The zero-order chi connectivity index (χ0) is 15.3. The minimum Gasteiger partial charge on any atom is -0.379 e. The average Bonchev–Trinajstić information content (AvgIpc) is 2.48. The molecule has 0 bridgehead atoms. The molecule has 1 saturated heterocycles. The molecule has 1 amide bonds. The fraction of sp³-hybridized carbons (Fsp3) is 0.462. The molecule has 0 aromatic heterocycles. The number of sulfonamides is 1. The van der Waals surface area contributed by atoms with Crippen LogP contribution < -0.4 is 11.1 Å². The molecule has 1 aromatic carbocycles. The number of nitrogens with one attached hydrogen (secondary N) is 1. The maximum Gasteiger partial charge on any atom is 0.243 e. The number of benzene rings is 1. The van der Waals surface area contributed by atoms with E-state index in [0.717, 1.165) is 0 Å². The second-order valence-electron chi connectivity index (χ2n) is 4.63. The third-order valence-electron chi connectivity index (χ3n) is 3.10. The van der Waals surface area contributed by atoms with E-state index >= 15 is 0 Å². The first-order valence-corrected chi connectivity index (χ1v) is 8.16. The van der Waals surface area contributed by atoms with Crippen molar-refractivity contribution in [1.82, 2.24) is 4.31 Å². The number of anilines is 1. The Bertz CT molecular complexity index is 597. The van der Waals surface area contributed by atoms with Gasteiger partial charge in [-0.1, -0.05) is 6.07 Å². The van der Waals surface area contributed by atoms with Gasteiger partial charge in [0, 0.05) is 31.7 Å². The van der Waals surface area contributed by atoms with E-state index in [-0.39, 0.29) is 23.8 Å². The summed E-state index contributed by atoms with van der Waals surface area (Å²) >= 11 is 0. The largest absolute Gasteiger partial charge is 0.379 e. The van der Waals surface area contributed by atoms with Crippen molar-refractivity contribution in [2.24, 2.45) is 5.73 Å². The monoisotopic (exact) mass is 313 g/mol. The van der Waals surface area contributed by atoms with Gasteiger partial charge in [0.05, 0.1) is 18.1 Å². The van der Waals surface area contributed by atoms with Crippen molar-refractivity contribution in [3.05, 3.63) is 24.3 Å². The predicted octanol–water partition coefficient (Wildman–Crippen LogP) is -0.00520. The van der Waals surface area contributed by atoms with Crippen LogP contribution in [-0.2, 0) is 19.6 Å². The van der Waals surface area contributed by atoms with Gasteiger partial charge in [-0.15, -0.1) is 0 Å². The minimum atomic E-state index is -3.56. The fourth-order valence-corrected chi connectivity index (χ4v) is 3.48. The summed E-state index contributed by atoms with van der Waals surface area (Å²) in [5, 5.41) is 2.63. The second kappa shape index (κ2) is 6.99. The molecule has 116 valence electrons. The molecular weight excluding hydrogens is 294 g/mol. The molecule has 3 N–H and O–H groups in total. The SMILES string of the molecule is NCCC(=O)Nc1cccc(S(=O)(=O)N2CCOCC2)c1. The van der Waals surface area contributed by atoms with Gasteiger partial charge in [0.15, 0.2) is 0 Å². The Hall–Kier alpha value is -1.48. The first-order chi connectivity index (χ1) is 10.0. The van der Waals surface area contributed by atoms with E-state index in [1.54, 1.807) is 12.1 Å². The Morgan fingerprint density at radius 1 is 1.33 bits per heavy atom. The van der Waals surface area contributed by atoms with Crippen molar-refractivity contribution in [2.45, 2.75) is 11.3 Å². The van der Waals surface area contributed by atoms with Gasteiger partial charge in [0.2, 0.25) is 15.9 Å². The van der Waals surface area contributed by atoms with Crippen molar-refractivity contribution in [3.63, 3.8) is 0 Å². The van der Waals surface area contributed by atoms with Crippen molar-refractivity contribution < 1.29 is 17.9 Å². The Morgan fingerprint density at radius 3 is 2.71 bits per heavy atom. The summed E-state index contributed by atoms with van der Waals surface area (Å²) in [5.74, 6) is -0.238. The average molecular weight is 313 g/mol. The number of nitrogens with two attached hydrogens (primary N) is 1.